The zero-order chi connectivity index (χ0) is 19.2. The molecule has 2 bridgehead atoms. The van der Waals surface area contributed by atoms with Crippen LogP contribution in [0.15, 0.2) is 0 Å². The highest BCUT2D eigenvalue weighted by molar-refractivity contribution is 7.87. The second kappa shape index (κ2) is 6.44. The van der Waals surface area contributed by atoms with Crippen molar-refractivity contribution in [3.63, 3.8) is 0 Å². The number of halogens is 2. The minimum absolute atomic E-state index is 0.0550. The van der Waals surface area contributed by atoms with Crippen LogP contribution in [-0.2, 0) is 29.2 Å². The maximum absolute atomic E-state index is 13.3. The number of alkyl halides is 2. The van der Waals surface area contributed by atoms with Crippen LogP contribution < -0.4 is 0 Å². The van der Waals surface area contributed by atoms with E-state index in [0.29, 0.717) is 0 Å². The first-order chi connectivity index (χ1) is 11.4. The zero-order valence-electron chi connectivity index (χ0n) is 13.6. The van der Waals surface area contributed by atoms with Crippen molar-refractivity contribution in [2.45, 2.75) is 62.6 Å². The average Bonchev–Trinajstić information content (AvgIpc) is 2.85. The standard InChI is InChI=1S/C14H20F2O8S/c1-3-13(19,4-2)8-6-10(9-5-7(8)11(17)23-9)24-12(18)14(15,16)25(20,21)22/h7-10,19H,3-6H2,1-2H3,(H,20,21,22)/p-1. The van der Waals surface area contributed by atoms with Crippen LogP contribution in [0.25, 0.3) is 0 Å². The van der Waals surface area contributed by atoms with Crippen molar-refractivity contribution < 1.29 is 45.9 Å². The molecule has 0 aromatic carbocycles. The Hall–Kier alpha value is -1.33. The Labute approximate surface area is 143 Å². The van der Waals surface area contributed by atoms with Crippen molar-refractivity contribution in [1.82, 2.24) is 0 Å². The maximum Gasteiger partial charge on any atom is 0.428 e. The van der Waals surface area contributed by atoms with Gasteiger partial charge in [0.2, 0.25) is 0 Å². The van der Waals surface area contributed by atoms with Crippen LogP contribution in [-0.4, -0.2) is 53.1 Å². The van der Waals surface area contributed by atoms with Crippen molar-refractivity contribution in [3.05, 3.63) is 0 Å². The average molecular weight is 385 g/mol. The van der Waals surface area contributed by atoms with E-state index in [-0.39, 0.29) is 25.7 Å². The molecule has 1 N–H and O–H groups in total. The maximum atomic E-state index is 13.3. The summed E-state index contributed by atoms with van der Waals surface area (Å²) in [6.45, 7) is 3.38. The van der Waals surface area contributed by atoms with Gasteiger partial charge in [-0.15, -0.1) is 0 Å². The van der Waals surface area contributed by atoms with E-state index in [2.05, 4.69) is 4.74 Å². The van der Waals surface area contributed by atoms with Crippen molar-refractivity contribution in [3.8, 4) is 0 Å². The lowest BCUT2D eigenvalue weighted by atomic mass is 9.67. The number of aliphatic hydroxyl groups is 1. The van der Waals surface area contributed by atoms with E-state index in [9.17, 15) is 36.4 Å². The molecular weight excluding hydrogens is 366 g/mol. The molecule has 8 nitrogen and oxygen atoms in total. The summed E-state index contributed by atoms with van der Waals surface area (Å²) in [6.07, 6.45) is -1.93. The lowest BCUT2D eigenvalue weighted by Crippen LogP contribution is -2.50. The molecule has 1 aliphatic heterocycles. The molecule has 0 aromatic rings. The minimum Gasteiger partial charge on any atom is -0.743 e. The van der Waals surface area contributed by atoms with Crippen LogP contribution >= 0.6 is 0 Å². The van der Waals surface area contributed by atoms with Gasteiger partial charge in [-0.05, 0) is 19.3 Å². The van der Waals surface area contributed by atoms with E-state index in [1.54, 1.807) is 13.8 Å². The fraction of sp³-hybridized carbons (Fsp3) is 0.857. The van der Waals surface area contributed by atoms with Crippen LogP contribution in [0.3, 0.4) is 0 Å². The summed E-state index contributed by atoms with van der Waals surface area (Å²) in [5.41, 5.74) is -1.29. The molecule has 0 radical (unpaired) electrons. The van der Waals surface area contributed by atoms with Gasteiger partial charge in [0.25, 0.3) is 0 Å². The lowest BCUT2D eigenvalue weighted by Gasteiger charge is -2.41. The minimum atomic E-state index is -6.24. The van der Waals surface area contributed by atoms with E-state index in [4.69, 9.17) is 4.74 Å². The smallest absolute Gasteiger partial charge is 0.428 e. The van der Waals surface area contributed by atoms with Crippen molar-refractivity contribution in [2.24, 2.45) is 11.8 Å². The third kappa shape index (κ3) is 3.36. The molecule has 25 heavy (non-hydrogen) atoms. The second-order valence-electron chi connectivity index (χ2n) is 6.39. The first-order valence-corrected chi connectivity index (χ1v) is 9.25. The number of hydrogen-bond acceptors (Lipinski definition) is 8. The molecular formula is C14H19F2O8S-. The molecule has 4 atom stereocenters. The molecule has 0 spiro atoms. The van der Waals surface area contributed by atoms with Gasteiger partial charge >= 0.3 is 17.2 Å². The number of rotatable bonds is 6. The largest absolute Gasteiger partial charge is 0.743 e. The monoisotopic (exact) mass is 385 g/mol. The molecule has 1 heterocycles. The molecule has 0 amide bonds. The predicted octanol–water partition coefficient (Wildman–Crippen LogP) is 0.539. The van der Waals surface area contributed by atoms with Crippen molar-refractivity contribution in [1.29, 1.82) is 0 Å². The van der Waals surface area contributed by atoms with Crippen molar-refractivity contribution in [2.75, 3.05) is 0 Å². The van der Waals surface area contributed by atoms with Gasteiger partial charge in [0.05, 0.1) is 11.5 Å². The fourth-order valence-electron chi connectivity index (χ4n) is 3.55. The summed E-state index contributed by atoms with van der Waals surface area (Å²) >= 11 is 0. The Bertz CT molecular complexity index is 658. The van der Waals surface area contributed by atoms with Crippen LogP contribution in [0.5, 0.6) is 0 Å². The summed E-state index contributed by atoms with van der Waals surface area (Å²) in [5.74, 6) is -4.50. The fourth-order valence-corrected chi connectivity index (χ4v) is 3.81. The van der Waals surface area contributed by atoms with Crippen LogP contribution in [0.2, 0.25) is 0 Å². The van der Waals surface area contributed by atoms with Crippen LogP contribution in [0.1, 0.15) is 39.5 Å². The molecule has 2 fully saturated rings. The van der Waals surface area contributed by atoms with Gasteiger partial charge in [-0.25, -0.2) is 13.2 Å². The van der Waals surface area contributed by atoms with Gasteiger partial charge in [0, 0.05) is 12.3 Å². The highest BCUT2D eigenvalue weighted by atomic mass is 32.2. The van der Waals surface area contributed by atoms with Crippen molar-refractivity contribution >= 4 is 22.1 Å². The molecule has 0 aromatic heterocycles. The third-order valence-corrected chi connectivity index (χ3v) is 5.96. The SMILES string of the molecule is CCC(O)(CC)C1CC(OC(=O)C(F)(F)S(=O)(=O)[O-])C2CC1C(=O)O2. The Balaban J connectivity index is 2.25. The summed E-state index contributed by atoms with van der Waals surface area (Å²) in [4.78, 5) is 23.4. The van der Waals surface area contributed by atoms with E-state index >= 15 is 0 Å². The van der Waals surface area contributed by atoms with Crippen LogP contribution in [0, 0.1) is 11.8 Å². The van der Waals surface area contributed by atoms with Gasteiger partial charge in [-0.2, -0.15) is 8.78 Å². The van der Waals surface area contributed by atoms with Gasteiger partial charge in [0.15, 0.2) is 10.1 Å². The van der Waals surface area contributed by atoms with Crippen LogP contribution in [0.4, 0.5) is 8.78 Å². The molecule has 2 rings (SSSR count). The number of fused-ring (bicyclic) bond motifs is 2. The van der Waals surface area contributed by atoms with E-state index in [1.807, 2.05) is 0 Å². The Morgan fingerprint density at radius 2 is 1.92 bits per heavy atom. The van der Waals surface area contributed by atoms with E-state index in [0.717, 1.165) is 0 Å². The third-order valence-electron chi connectivity index (χ3n) is 5.17. The molecule has 1 saturated carbocycles. The summed E-state index contributed by atoms with van der Waals surface area (Å²) in [5, 5.41) is 5.45. The number of hydrogen-bond donors (Lipinski definition) is 1. The van der Waals surface area contributed by atoms with Gasteiger partial charge in [-0.1, -0.05) is 13.8 Å². The molecule has 4 unspecified atom stereocenters. The number of ether oxygens (including phenoxy) is 2. The van der Waals surface area contributed by atoms with E-state index in [1.165, 1.54) is 0 Å². The topological polar surface area (TPSA) is 130 Å². The first-order valence-electron chi connectivity index (χ1n) is 7.84. The van der Waals surface area contributed by atoms with Gasteiger partial charge < -0.3 is 19.1 Å². The molecule has 1 aliphatic carbocycles. The summed E-state index contributed by atoms with van der Waals surface area (Å²) in [7, 11) is -6.24. The number of esters is 2. The normalized spacial score (nSPS) is 30.1. The highest BCUT2D eigenvalue weighted by Gasteiger charge is 2.57. The molecule has 1 saturated heterocycles. The summed E-state index contributed by atoms with van der Waals surface area (Å²) < 4.78 is 67.8. The lowest BCUT2D eigenvalue weighted by molar-refractivity contribution is -0.178. The first kappa shape index (κ1) is 20.0. The zero-order valence-corrected chi connectivity index (χ0v) is 14.4. The van der Waals surface area contributed by atoms with Gasteiger partial charge in [0.1, 0.15) is 12.2 Å². The molecule has 144 valence electrons. The quantitative estimate of drug-likeness (QED) is 0.518. The Kier molecular flexibility index (Phi) is 5.15. The number of carbonyl (C=O) groups is 2. The molecule has 2 aliphatic rings. The highest BCUT2D eigenvalue weighted by Crippen LogP contribution is 2.47. The summed E-state index contributed by atoms with van der Waals surface area (Å²) in [6, 6.07) is 0. The Morgan fingerprint density at radius 3 is 2.40 bits per heavy atom. The van der Waals surface area contributed by atoms with E-state index < -0.39 is 57.0 Å². The predicted molar refractivity (Wildman–Crippen MR) is 76.2 cm³/mol. The van der Waals surface area contributed by atoms with Gasteiger partial charge in [-0.3, -0.25) is 4.79 Å². The number of carbonyl (C=O) groups excluding carboxylic acids is 2. The molecule has 11 heteroatoms. The Morgan fingerprint density at radius 1 is 1.36 bits per heavy atom. The second-order valence-corrected chi connectivity index (χ2v) is 7.81.